The summed E-state index contributed by atoms with van der Waals surface area (Å²) in [5, 5.41) is 23.8. The minimum atomic E-state index is -3.20. The molecule has 1 unspecified atom stereocenters. The van der Waals surface area contributed by atoms with E-state index in [2.05, 4.69) is 5.10 Å². The molecule has 1 atom stereocenters. The Bertz CT molecular complexity index is 794. The molecule has 0 aliphatic carbocycles. The van der Waals surface area contributed by atoms with Crippen molar-refractivity contribution in [2.75, 3.05) is 6.54 Å². The van der Waals surface area contributed by atoms with Crippen molar-refractivity contribution < 1.29 is 23.4 Å². The normalized spacial score (nSPS) is 24.4. The zero-order valence-corrected chi connectivity index (χ0v) is 15.8. The topological polar surface area (TPSA) is 91.4 Å². The molecule has 0 spiro atoms. The second kappa shape index (κ2) is 6.44. The molecular weight excluding hydrogens is 358 g/mol. The van der Waals surface area contributed by atoms with E-state index in [-0.39, 0.29) is 31.6 Å². The maximum atomic E-state index is 14.9. The highest BCUT2D eigenvalue weighted by Gasteiger charge is 2.47. The first-order chi connectivity index (χ1) is 12.4. The Kier molecular flexibility index (Phi) is 4.67. The number of rotatable bonds is 1. The number of fused-ring (bicyclic) bond motifs is 3. The molecule has 2 aliphatic rings. The lowest BCUT2D eigenvalue weighted by molar-refractivity contribution is -0.0397. The van der Waals surface area contributed by atoms with E-state index < -0.39 is 29.6 Å². The van der Waals surface area contributed by atoms with Crippen LogP contribution in [0.25, 0.3) is 0 Å². The lowest BCUT2D eigenvalue weighted by atomic mass is 9.93. The number of hydrogen-bond donors (Lipinski definition) is 1. The smallest absolute Gasteiger partial charge is 0.410 e. The Balaban J connectivity index is 1.94. The largest absolute Gasteiger partial charge is 0.444 e. The Hall–Kier alpha value is -2.21. The number of aliphatic hydroxyl groups is 1. The molecular formula is C18H24F2N4O3. The SMILES string of the molecule is CC(C)(C)OC(=O)N1CCc2nn3c(c2C1)C(F)(F)CCC(O)(CC#N)C3. The average Bonchev–Trinajstić information content (AvgIpc) is 2.84. The second-order valence-corrected chi connectivity index (χ2v) is 8.35. The zero-order chi connectivity index (χ0) is 20.0. The van der Waals surface area contributed by atoms with Gasteiger partial charge in [0.1, 0.15) is 11.3 Å². The Morgan fingerprint density at radius 2 is 2.11 bits per heavy atom. The number of nitriles is 1. The minimum absolute atomic E-state index is 0.00809. The second-order valence-electron chi connectivity index (χ2n) is 8.35. The van der Waals surface area contributed by atoms with Crippen molar-refractivity contribution in [2.45, 2.75) is 76.7 Å². The summed E-state index contributed by atoms with van der Waals surface area (Å²) in [4.78, 5) is 13.7. The van der Waals surface area contributed by atoms with E-state index in [1.807, 2.05) is 6.07 Å². The molecule has 0 aromatic carbocycles. The molecule has 148 valence electrons. The van der Waals surface area contributed by atoms with Gasteiger partial charge in [0.15, 0.2) is 0 Å². The zero-order valence-electron chi connectivity index (χ0n) is 15.8. The molecule has 0 fully saturated rings. The van der Waals surface area contributed by atoms with Gasteiger partial charge in [-0.3, -0.25) is 4.68 Å². The molecule has 1 aromatic rings. The Morgan fingerprint density at radius 3 is 2.74 bits per heavy atom. The van der Waals surface area contributed by atoms with Crippen molar-refractivity contribution in [3.8, 4) is 6.07 Å². The van der Waals surface area contributed by atoms with Crippen molar-refractivity contribution in [2.24, 2.45) is 0 Å². The molecule has 9 heteroatoms. The number of alkyl halides is 2. The van der Waals surface area contributed by atoms with E-state index in [1.54, 1.807) is 20.8 Å². The average molecular weight is 382 g/mol. The van der Waals surface area contributed by atoms with Crippen molar-refractivity contribution in [1.29, 1.82) is 5.26 Å². The van der Waals surface area contributed by atoms with Gasteiger partial charge in [-0.2, -0.15) is 19.1 Å². The van der Waals surface area contributed by atoms with E-state index in [1.165, 1.54) is 4.90 Å². The quantitative estimate of drug-likeness (QED) is 0.806. The number of aromatic nitrogens is 2. The molecule has 0 bridgehead atoms. The lowest BCUT2D eigenvalue weighted by Gasteiger charge is -2.30. The van der Waals surface area contributed by atoms with Crippen LogP contribution in [0.1, 0.15) is 57.0 Å². The summed E-state index contributed by atoms with van der Waals surface area (Å²) in [5.74, 6) is -3.20. The van der Waals surface area contributed by atoms with E-state index in [4.69, 9.17) is 10.00 Å². The molecule has 27 heavy (non-hydrogen) atoms. The first-order valence-electron chi connectivity index (χ1n) is 8.98. The lowest BCUT2D eigenvalue weighted by Crippen LogP contribution is -2.40. The van der Waals surface area contributed by atoms with Gasteiger partial charge in [-0.05, 0) is 27.2 Å². The van der Waals surface area contributed by atoms with Crippen molar-refractivity contribution in [3.63, 3.8) is 0 Å². The number of ether oxygens (including phenoxy) is 1. The fourth-order valence-corrected chi connectivity index (χ4v) is 3.59. The number of amides is 1. The monoisotopic (exact) mass is 382 g/mol. The number of nitrogens with zero attached hydrogens (tertiary/aromatic N) is 4. The van der Waals surface area contributed by atoms with Crippen LogP contribution in [0.3, 0.4) is 0 Å². The van der Waals surface area contributed by atoms with Crippen LogP contribution in [-0.2, 0) is 30.2 Å². The van der Waals surface area contributed by atoms with E-state index in [0.29, 0.717) is 24.2 Å². The van der Waals surface area contributed by atoms with Crippen molar-refractivity contribution in [1.82, 2.24) is 14.7 Å². The highest BCUT2D eigenvalue weighted by Crippen LogP contribution is 2.43. The Labute approximate surface area is 156 Å². The first kappa shape index (κ1) is 19.5. The standard InChI is InChI=1S/C18H24F2N4O3/c1-16(2,3)27-15(25)23-9-4-13-12(10-23)14-18(19,20)6-5-17(26,7-8-21)11-24(14)22-13/h26H,4-7,9-11H2,1-3H3. The molecule has 1 amide bonds. The van der Waals surface area contributed by atoms with Crippen LogP contribution in [0.4, 0.5) is 13.6 Å². The number of carbonyl (C=O) groups is 1. The highest BCUT2D eigenvalue weighted by molar-refractivity contribution is 5.68. The van der Waals surface area contributed by atoms with Crippen molar-refractivity contribution in [3.05, 3.63) is 17.0 Å². The Morgan fingerprint density at radius 1 is 1.41 bits per heavy atom. The molecule has 0 radical (unpaired) electrons. The van der Waals surface area contributed by atoms with Gasteiger partial charge < -0.3 is 14.7 Å². The van der Waals surface area contributed by atoms with Crippen LogP contribution in [-0.4, -0.2) is 43.6 Å². The number of halogens is 2. The van der Waals surface area contributed by atoms with Gasteiger partial charge in [-0.25, -0.2) is 4.79 Å². The summed E-state index contributed by atoms with van der Waals surface area (Å²) in [6, 6.07) is 1.86. The molecule has 0 saturated carbocycles. The van der Waals surface area contributed by atoms with Crippen LogP contribution in [0, 0.1) is 11.3 Å². The molecule has 1 N–H and O–H groups in total. The van der Waals surface area contributed by atoms with Gasteiger partial charge in [0, 0.05) is 24.9 Å². The molecule has 1 aromatic heterocycles. The summed E-state index contributed by atoms with van der Waals surface area (Å²) in [6.07, 6.45) is -1.22. The highest BCUT2D eigenvalue weighted by atomic mass is 19.3. The molecule has 0 saturated heterocycles. The predicted octanol–water partition coefficient (Wildman–Crippen LogP) is 2.71. The summed E-state index contributed by atoms with van der Waals surface area (Å²) in [6.45, 7) is 5.40. The molecule has 3 rings (SSSR count). The summed E-state index contributed by atoms with van der Waals surface area (Å²) in [5.41, 5.74) is -1.66. The fourth-order valence-electron chi connectivity index (χ4n) is 3.59. The summed E-state index contributed by atoms with van der Waals surface area (Å²) < 4.78 is 36.2. The van der Waals surface area contributed by atoms with Gasteiger partial charge in [-0.15, -0.1) is 0 Å². The predicted molar refractivity (Wildman–Crippen MR) is 90.9 cm³/mol. The summed E-state index contributed by atoms with van der Waals surface area (Å²) >= 11 is 0. The number of hydrogen-bond acceptors (Lipinski definition) is 5. The maximum Gasteiger partial charge on any atom is 0.410 e. The van der Waals surface area contributed by atoms with E-state index in [9.17, 15) is 18.7 Å². The van der Waals surface area contributed by atoms with E-state index >= 15 is 0 Å². The summed E-state index contributed by atoms with van der Waals surface area (Å²) in [7, 11) is 0. The molecule has 7 nitrogen and oxygen atoms in total. The molecule has 2 aliphatic heterocycles. The van der Waals surface area contributed by atoms with Gasteiger partial charge in [0.25, 0.3) is 5.92 Å². The van der Waals surface area contributed by atoms with Gasteiger partial charge in [-0.1, -0.05) is 0 Å². The van der Waals surface area contributed by atoms with Gasteiger partial charge in [0.2, 0.25) is 0 Å². The van der Waals surface area contributed by atoms with Crippen LogP contribution < -0.4 is 0 Å². The van der Waals surface area contributed by atoms with E-state index in [0.717, 1.165) is 4.68 Å². The van der Waals surface area contributed by atoms with Gasteiger partial charge >= 0.3 is 6.09 Å². The third-order valence-corrected chi connectivity index (χ3v) is 4.86. The van der Waals surface area contributed by atoms with Crippen molar-refractivity contribution >= 4 is 6.09 Å². The third kappa shape index (κ3) is 3.90. The third-order valence-electron chi connectivity index (χ3n) is 4.86. The fraction of sp³-hybridized carbons (Fsp3) is 0.722. The maximum absolute atomic E-state index is 14.9. The van der Waals surface area contributed by atoms with Crippen LogP contribution in [0.5, 0.6) is 0 Å². The minimum Gasteiger partial charge on any atom is -0.444 e. The number of carbonyl (C=O) groups excluding carboxylic acids is 1. The van der Waals surface area contributed by atoms with Crippen LogP contribution in [0.2, 0.25) is 0 Å². The van der Waals surface area contributed by atoms with Crippen LogP contribution >= 0.6 is 0 Å². The first-order valence-corrected chi connectivity index (χ1v) is 8.98. The molecule has 3 heterocycles. The van der Waals surface area contributed by atoms with Crippen LogP contribution in [0.15, 0.2) is 0 Å². The van der Waals surface area contributed by atoms with Gasteiger partial charge in [0.05, 0.1) is 36.9 Å².